The van der Waals surface area contributed by atoms with E-state index in [0.29, 0.717) is 44.6 Å². The molecular weight excluding hydrogens is 682 g/mol. The van der Waals surface area contributed by atoms with Crippen molar-refractivity contribution in [2.24, 2.45) is 5.10 Å². The highest BCUT2D eigenvalue weighted by molar-refractivity contribution is 9.10. The zero-order chi connectivity index (χ0) is 29.1. The lowest BCUT2D eigenvalue weighted by atomic mass is 10.2. The Morgan fingerprint density at radius 1 is 1.10 bits per heavy atom. The van der Waals surface area contributed by atoms with Crippen LogP contribution in [-0.2, 0) is 9.53 Å². The van der Waals surface area contributed by atoms with E-state index in [2.05, 4.69) is 37.0 Å². The molecule has 0 saturated carbocycles. The van der Waals surface area contributed by atoms with Gasteiger partial charge in [-0.1, -0.05) is 39.7 Å². The maximum absolute atomic E-state index is 13.6. The van der Waals surface area contributed by atoms with Gasteiger partial charge in [0.15, 0.2) is 23.9 Å². The van der Waals surface area contributed by atoms with E-state index in [1.807, 2.05) is 24.3 Å². The van der Waals surface area contributed by atoms with Gasteiger partial charge in [-0.15, -0.1) is 0 Å². The third kappa shape index (κ3) is 6.02. The molecule has 0 spiro atoms. The number of halogens is 3. The van der Waals surface area contributed by atoms with Crippen molar-refractivity contribution < 1.29 is 23.4 Å². The molecule has 3 aromatic carbocycles. The lowest BCUT2D eigenvalue weighted by molar-refractivity contribution is -0.145. The standard InChI is InChI=1S/C29H22Br2ClN3O6/c1-3-38-22-13-17(25(31)26(32)27(22)40-15-24(36)39-4-2)14-33-35-28(34-20-8-6-5-7-19(20)29(35)37)23-12-16-11-18(30)9-10-21(16)41-23/h5-14H,3-4,15H2,1-2H3. The number of nitrogens with zero attached hydrogens (tertiary/aromatic N) is 3. The molecule has 0 aliphatic carbocycles. The topological polar surface area (TPSA) is 105 Å². The Kier molecular flexibility index (Phi) is 8.77. The molecule has 0 bridgehead atoms. The molecular formula is C29H22Br2ClN3O6. The van der Waals surface area contributed by atoms with Crippen LogP contribution >= 0.6 is 43.5 Å². The second-order valence-electron chi connectivity index (χ2n) is 8.55. The molecule has 9 nitrogen and oxygen atoms in total. The predicted molar refractivity (Wildman–Crippen MR) is 164 cm³/mol. The number of benzene rings is 3. The minimum Gasteiger partial charge on any atom is -0.490 e. The Labute approximate surface area is 255 Å². The van der Waals surface area contributed by atoms with Gasteiger partial charge in [-0.25, -0.2) is 9.78 Å². The molecule has 12 heteroatoms. The van der Waals surface area contributed by atoms with Crippen LogP contribution in [0.5, 0.6) is 11.5 Å². The number of hydrogen-bond donors (Lipinski definition) is 0. The van der Waals surface area contributed by atoms with Gasteiger partial charge in [0.05, 0.1) is 30.3 Å². The Morgan fingerprint density at radius 2 is 1.90 bits per heavy atom. The third-order valence-electron chi connectivity index (χ3n) is 5.86. The molecule has 5 aromatic rings. The smallest absolute Gasteiger partial charge is 0.344 e. The SMILES string of the molecule is CCOC(=O)COc1c(OCC)cc(C=Nn2c(-c3cc4cc(Br)ccc4o3)nc3ccccc3c2=O)c(Br)c1Cl. The van der Waals surface area contributed by atoms with E-state index >= 15 is 0 Å². The summed E-state index contributed by atoms with van der Waals surface area (Å²) in [6.07, 6.45) is 1.45. The van der Waals surface area contributed by atoms with Crippen LogP contribution in [0.1, 0.15) is 19.4 Å². The highest BCUT2D eigenvalue weighted by Crippen LogP contribution is 2.42. The molecule has 41 heavy (non-hydrogen) atoms. The number of furan rings is 1. The van der Waals surface area contributed by atoms with Gasteiger partial charge in [0.2, 0.25) is 5.82 Å². The van der Waals surface area contributed by atoms with E-state index in [0.717, 1.165) is 9.86 Å². The lowest BCUT2D eigenvalue weighted by Gasteiger charge is -2.15. The van der Waals surface area contributed by atoms with Crippen molar-refractivity contribution in [3.05, 3.63) is 84.5 Å². The molecule has 0 amide bonds. The molecule has 0 aliphatic rings. The number of ether oxygens (including phenoxy) is 3. The summed E-state index contributed by atoms with van der Waals surface area (Å²) < 4.78 is 24.8. The molecule has 210 valence electrons. The zero-order valence-corrected chi connectivity index (χ0v) is 25.7. The van der Waals surface area contributed by atoms with E-state index in [4.69, 9.17) is 35.2 Å². The fraction of sp³-hybridized carbons (Fsp3) is 0.172. The minimum absolute atomic E-state index is 0.161. The van der Waals surface area contributed by atoms with Crippen LogP contribution in [0.4, 0.5) is 0 Å². The number of carbonyl (C=O) groups is 1. The van der Waals surface area contributed by atoms with Crippen LogP contribution in [0.2, 0.25) is 5.02 Å². The molecule has 0 N–H and O–H groups in total. The van der Waals surface area contributed by atoms with E-state index in [9.17, 15) is 9.59 Å². The number of hydrogen-bond acceptors (Lipinski definition) is 8. The van der Waals surface area contributed by atoms with Crippen molar-refractivity contribution in [2.75, 3.05) is 19.8 Å². The molecule has 2 aromatic heterocycles. The maximum atomic E-state index is 13.6. The maximum Gasteiger partial charge on any atom is 0.344 e. The lowest BCUT2D eigenvalue weighted by Crippen LogP contribution is -2.20. The van der Waals surface area contributed by atoms with Crippen molar-refractivity contribution in [2.45, 2.75) is 13.8 Å². The first-order valence-electron chi connectivity index (χ1n) is 12.5. The highest BCUT2D eigenvalue weighted by atomic mass is 79.9. The van der Waals surface area contributed by atoms with Gasteiger partial charge in [0, 0.05) is 19.9 Å². The number of para-hydroxylation sites is 1. The summed E-state index contributed by atoms with van der Waals surface area (Å²) in [5.74, 6) is 0.510. The molecule has 0 saturated heterocycles. The largest absolute Gasteiger partial charge is 0.490 e. The van der Waals surface area contributed by atoms with Crippen LogP contribution < -0.4 is 15.0 Å². The van der Waals surface area contributed by atoms with Crippen molar-refractivity contribution in [1.29, 1.82) is 0 Å². The van der Waals surface area contributed by atoms with Gasteiger partial charge < -0.3 is 18.6 Å². The number of carbonyl (C=O) groups excluding carboxylic acids is 1. The molecule has 0 unspecified atom stereocenters. The monoisotopic (exact) mass is 701 g/mol. The van der Waals surface area contributed by atoms with E-state index in [1.54, 1.807) is 44.2 Å². The Balaban J connectivity index is 1.62. The molecule has 2 heterocycles. The zero-order valence-electron chi connectivity index (χ0n) is 21.8. The van der Waals surface area contributed by atoms with Crippen molar-refractivity contribution in [3.63, 3.8) is 0 Å². The first-order chi connectivity index (χ1) is 19.8. The predicted octanol–water partition coefficient (Wildman–Crippen LogP) is 7.21. The average Bonchev–Trinajstić information content (AvgIpc) is 3.38. The van der Waals surface area contributed by atoms with Gasteiger partial charge in [-0.3, -0.25) is 4.79 Å². The number of fused-ring (bicyclic) bond motifs is 2. The van der Waals surface area contributed by atoms with Crippen molar-refractivity contribution >= 4 is 77.5 Å². The van der Waals surface area contributed by atoms with Crippen LogP contribution in [0.15, 0.2) is 77.9 Å². The van der Waals surface area contributed by atoms with Crippen LogP contribution in [-0.4, -0.2) is 41.7 Å². The summed E-state index contributed by atoms with van der Waals surface area (Å²) in [7, 11) is 0. The Hall–Kier alpha value is -3.67. The van der Waals surface area contributed by atoms with Gasteiger partial charge >= 0.3 is 5.97 Å². The number of aromatic nitrogens is 2. The normalized spacial score (nSPS) is 11.4. The average molecular weight is 704 g/mol. The number of rotatable bonds is 9. The molecule has 5 rings (SSSR count). The Morgan fingerprint density at radius 3 is 2.68 bits per heavy atom. The van der Waals surface area contributed by atoms with E-state index in [-0.39, 0.29) is 35.4 Å². The van der Waals surface area contributed by atoms with Gasteiger partial charge in [0.1, 0.15) is 10.6 Å². The first kappa shape index (κ1) is 28.8. The molecule has 0 atom stereocenters. The summed E-state index contributed by atoms with van der Waals surface area (Å²) in [5.41, 5.74) is 1.24. The second kappa shape index (κ2) is 12.5. The van der Waals surface area contributed by atoms with Crippen LogP contribution in [0.25, 0.3) is 33.5 Å². The van der Waals surface area contributed by atoms with Gasteiger partial charge in [-0.2, -0.15) is 9.78 Å². The molecule has 0 radical (unpaired) electrons. The van der Waals surface area contributed by atoms with Crippen molar-refractivity contribution in [1.82, 2.24) is 9.66 Å². The second-order valence-corrected chi connectivity index (χ2v) is 10.6. The first-order valence-corrected chi connectivity index (χ1v) is 14.5. The minimum atomic E-state index is -0.540. The fourth-order valence-electron chi connectivity index (χ4n) is 4.06. The van der Waals surface area contributed by atoms with Gasteiger partial charge in [0.25, 0.3) is 5.56 Å². The summed E-state index contributed by atoms with van der Waals surface area (Å²) in [6.45, 7) is 3.70. The summed E-state index contributed by atoms with van der Waals surface area (Å²) in [4.78, 5) is 30.2. The number of esters is 1. The highest BCUT2D eigenvalue weighted by Gasteiger charge is 2.20. The third-order valence-corrected chi connectivity index (χ3v) is 7.80. The summed E-state index contributed by atoms with van der Waals surface area (Å²) in [5, 5.41) is 5.90. The summed E-state index contributed by atoms with van der Waals surface area (Å²) >= 11 is 13.6. The van der Waals surface area contributed by atoms with Gasteiger partial charge in [-0.05, 0) is 72.2 Å². The molecule has 0 fully saturated rings. The van der Waals surface area contributed by atoms with Crippen LogP contribution in [0, 0.1) is 0 Å². The van der Waals surface area contributed by atoms with Crippen LogP contribution in [0.3, 0.4) is 0 Å². The summed E-state index contributed by atoms with van der Waals surface area (Å²) in [6, 6.07) is 16.1. The quantitative estimate of drug-likeness (QED) is 0.118. The Bertz CT molecular complexity index is 1870. The van der Waals surface area contributed by atoms with E-state index < -0.39 is 5.97 Å². The molecule has 0 aliphatic heterocycles. The van der Waals surface area contributed by atoms with E-state index in [1.165, 1.54) is 10.9 Å². The fourth-order valence-corrected chi connectivity index (χ4v) is 5.10. The van der Waals surface area contributed by atoms with Crippen molar-refractivity contribution in [3.8, 4) is 23.1 Å².